The quantitative estimate of drug-likeness (QED) is 0.583. The summed E-state index contributed by atoms with van der Waals surface area (Å²) in [5, 5.41) is 3.76. The minimum atomic E-state index is 0.412. The van der Waals surface area contributed by atoms with Crippen LogP contribution in [-0.2, 0) is 0 Å². The van der Waals surface area contributed by atoms with Gasteiger partial charge in [0.1, 0.15) is 0 Å². The van der Waals surface area contributed by atoms with Gasteiger partial charge in [-0.3, -0.25) is 0 Å². The van der Waals surface area contributed by atoms with E-state index >= 15 is 0 Å². The number of hydrogen-bond donors (Lipinski definition) is 1. The first-order chi connectivity index (χ1) is 6.44. The van der Waals surface area contributed by atoms with Gasteiger partial charge in [-0.2, -0.15) is 0 Å². The van der Waals surface area contributed by atoms with E-state index in [2.05, 4.69) is 32.7 Å². The van der Waals surface area contributed by atoms with E-state index in [1.54, 1.807) is 0 Å². The molecule has 14 heavy (non-hydrogen) atoms. The van der Waals surface area contributed by atoms with Gasteiger partial charge in [-0.05, 0) is 43.6 Å². The predicted octanol–water partition coefficient (Wildman–Crippen LogP) is 3.12. The Hall–Kier alpha value is -0.300. The Bertz CT molecular complexity index is 240. The van der Waals surface area contributed by atoms with Crippen molar-refractivity contribution in [3.63, 3.8) is 0 Å². The van der Waals surface area contributed by atoms with Crippen LogP contribution in [0.5, 0.6) is 0 Å². The Morgan fingerprint density at radius 3 is 2.64 bits per heavy atom. The van der Waals surface area contributed by atoms with E-state index in [0.717, 1.165) is 5.92 Å². The maximum Gasteiger partial charge on any atom is 0.0255 e. The van der Waals surface area contributed by atoms with Crippen LogP contribution in [0.4, 0.5) is 0 Å². The maximum absolute atomic E-state index is 4.20. The summed E-state index contributed by atoms with van der Waals surface area (Å²) < 4.78 is 0. The summed E-state index contributed by atoms with van der Waals surface area (Å²) in [7, 11) is 0. The van der Waals surface area contributed by atoms with Crippen molar-refractivity contribution in [3.8, 4) is 0 Å². The van der Waals surface area contributed by atoms with E-state index in [9.17, 15) is 0 Å². The van der Waals surface area contributed by atoms with Gasteiger partial charge < -0.3 is 5.32 Å². The monoisotopic (exact) mass is 193 g/mol. The molecule has 2 fully saturated rings. The lowest BCUT2D eigenvalue weighted by molar-refractivity contribution is 0.140. The molecule has 2 atom stereocenters. The third-order valence-corrected chi connectivity index (χ3v) is 4.05. The van der Waals surface area contributed by atoms with Gasteiger partial charge in [0.2, 0.25) is 0 Å². The van der Waals surface area contributed by atoms with Crippen LogP contribution in [0.1, 0.15) is 46.5 Å². The highest BCUT2D eigenvalue weighted by atomic mass is 15.0. The molecule has 2 aliphatic rings. The van der Waals surface area contributed by atoms with E-state index in [0.29, 0.717) is 11.0 Å². The first kappa shape index (κ1) is 10.2. The van der Waals surface area contributed by atoms with Crippen molar-refractivity contribution in [2.24, 2.45) is 11.3 Å². The Morgan fingerprint density at radius 2 is 2.14 bits per heavy atom. The van der Waals surface area contributed by atoms with Crippen molar-refractivity contribution >= 4 is 0 Å². The molecule has 1 spiro atoms. The van der Waals surface area contributed by atoms with Gasteiger partial charge in [-0.15, -0.1) is 0 Å². The average molecular weight is 193 g/mol. The minimum Gasteiger partial charge on any atom is -0.311 e. The van der Waals surface area contributed by atoms with Gasteiger partial charge in [0.25, 0.3) is 0 Å². The molecule has 1 heterocycles. The van der Waals surface area contributed by atoms with Crippen LogP contribution in [0.15, 0.2) is 12.2 Å². The van der Waals surface area contributed by atoms with Crippen LogP contribution in [0.25, 0.3) is 0 Å². The molecule has 1 aliphatic heterocycles. The zero-order valence-electron chi connectivity index (χ0n) is 9.82. The fourth-order valence-electron chi connectivity index (χ4n) is 3.54. The Morgan fingerprint density at radius 1 is 1.43 bits per heavy atom. The molecule has 1 nitrogen and oxygen atoms in total. The second-order valence-electron chi connectivity index (χ2n) is 6.24. The number of rotatable bonds is 0. The molecule has 1 heteroatoms. The van der Waals surface area contributed by atoms with Crippen molar-refractivity contribution in [2.45, 2.75) is 52.0 Å². The second kappa shape index (κ2) is 3.10. The lowest BCUT2D eigenvalue weighted by Gasteiger charge is -2.40. The SMILES string of the molecule is C=C1CC(C(C)(C)C)C2(CCCN2)C1. The standard InChI is InChI=1S/C13H23N/c1-10-8-11(12(2,3)4)13(9-10)6-5-7-14-13/h11,14H,1,5-9H2,2-4H3. The van der Waals surface area contributed by atoms with Gasteiger partial charge in [0.05, 0.1) is 0 Å². The normalized spacial score (nSPS) is 38.5. The third-order valence-electron chi connectivity index (χ3n) is 4.05. The molecule has 0 aromatic rings. The summed E-state index contributed by atoms with van der Waals surface area (Å²) in [6.45, 7) is 12.5. The molecular formula is C13H23N. The topological polar surface area (TPSA) is 12.0 Å². The number of hydrogen-bond acceptors (Lipinski definition) is 1. The summed E-state index contributed by atoms with van der Waals surface area (Å²) in [6, 6.07) is 0. The van der Waals surface area contributed by atoms with Crippen LogP contribution in [0.2, 0.25) is 0 Å². The van der Waals surface area contributed by atoms with Crippen molar-refractivity contribution in [3.05, 3.63) is 12.2 Å². The predicted molar refractivity (Wildman–Crippen MR) is 61.3 cm³/mol. The third kappa shape index (κ3) is 1.52. The maximum atomic E-state index is 4.20. The second-order valence-corrected chi connectivity index (χ2v) is 6.24. The van der Waals surface area contributed by atoms with Crippen LogP contribution >= 0.6 is 0 Å². The molecule has 0 aromatic carbocycles. The van der Waals surface area contributed by atoms with Crippen molar-refractivity contribution in [1.82, 2.24) is 5.32 Å². The Labute approximate surface area is 88.0 Å². The molecule has 1 saturated carbocycles. The van der Waals surface area contributed by atoms with Gasteiger partial charge in [0.15, 0.2) is 0 Å². The highest BCUT2D eigenvalue weighted by Crippen LogP contribution is 2.51. The zero-order chi connectivity index (χ0) is 10.4. The Balaban J connectivity index is 2.26. The lowest BCUT2D eigenvalue weighted by atomic mass is 9.70. The molecule has 2 rings (SSSR count). The van der Waals surface area contributed by atoms with Crippen LogP contribution in [0, 0.1) is 11.3 Å². The zero-order valence-corrected chi connectivity index (χ0v) is 9.82. The molecule has 2 unspecified atom stereocenters. The first-order valence-corrected chi connectivity index (χ1v) is 5.86. The Kier molecular flexibility index (Phi) is 2.26. The molecular weight excluding hydrogens is 170 g/mol. The van der Waals surface area contributed by atoms with E-state index < -0.39 is 0 Å². The van der Waals surface area contributed by atoms with Crippen molar-refractivity contribution in [1.29, 1.82) is 0 Å². The molecule has 0 aromatic heterocycles. The highest BCUT2D eigenvalue weighted by molar-refractivity contribution is 5.20. The van der Waals surface area contributed by atoms with Crippen molar-refractivity contribution < 1.29 is 0 Å². The van der Waals surface area contributed by atoms with Gasteiger partial charge in [0, 0.05) is 5.54 Å². The average Bonchev–Trinajstić information content (AvgIpc) is 2.59. The lowest BCUT2D eigenvalue weighted by Crippen LogP contribution is -2.47. The molecule has 80 valence electrons. The molecule has 1 aliphatic carbocycles. The van der Waals surface area contributed by atoms with Crippen LogP contribution in [-0.4, -0.2) is 12.1 Å². The fourth-order valence-corrected chi connectivity index (χ4v) is 3.54. The van der Waals surface area contributed by atoms with E-state index in [-0.39, 0.29) is 0 Å². The van der Waals surface area contributed by atoms with Crippen molar-refractivity contribution in [2.75, 3.05) is 6.54 Å². The van der Waals surface area contributed by atoms with E-state index in [1.807, 2.05) is 0 Å². The van der Waals surface area contributed by atoms with Gasteiger partial charge >= 0.3 is 0 Å². The molecule has 1 N–H and O–H groups in total. The molecule has 0 radical (unpaired) electrons. The van der Waals surface area contributed by atoms with Gasteiger partial charge in [-0.1, -0.05) is 32.9 Å². The van der Waals surface area contributed by atoms with Gasteiger partial charge in [-0.25, -0.2) is 0 Å². The van der Waals surface area contributed by atoms with E-state index in [4.69, 9.17) is 0 Å². The largest absolute Gasteiger partial charge is 0.311 e. The first-order valence-electron chi connectivity index (χ1n) is 5.86. The summed E-state index contributed by atoms with van der Waals surface area (Å²) in [5.41, 5.74) is 2.28. The summed E-state index contributed by atoms with van der Waals surface area (Å²) >= 11 is 0. The minimum absolute atomic E-state index is 0.412. The smallest absolute Gasteiger partial charge is 0.0255 e. The molecule has 0 amide bonds. The van der Waals surface area contributed by atoms with E-state index in [1.165, 1.54) is 37.8 Å². The van der Waals surface area contributed by atoms with Crippen LogP contribution < -0.4 is 5.32 Å². The summed E-state index contributed by atoms with van der Waals surface area (Å²) in [4.78, 5) is 0. The number of nitrogens with one attached hydrogen (secondary N) is 1. The molecule has 1 saturated heterocycles. The fraction of sp³-hybridized carbons (Fsp3) is 0.846. The summed E-state index contributed by atoms with van der Waals surface area (Å²) in [6.07, 6.45) is 5.15. The van der Waals surface area contributed by atoms with Crippen LogP contribution in [0.3, 0.4) is 0 Å². The summed E-state index contributed by atoms with van der Waals surface area (Å²) in [5.74, 6) is 0.782. The highest BCUT2D eigenvalue weighted by Gasteiger charge is 2.50. The molecule has 0 bridgehead atoms.